The first-order chi connectivity index (χ1) is 9.40. The van der Waals surface area contributed by atoms with Crippen molar-refractivity contribution in [2.24, 2.45) is 0 Å². The van der Waals surface area contributed by atoms with Crippen molar-refractivity contribution in [1.29, 1.82) is 0 Å². The van der Waals surface area contributed by atoms with Crippen LogP contribution in [-0.2, 0) is 11.4 Å². The summed E-state index contributed by atoms with van der Waals surface area (Å²) in [7, 11) is 3.63. The molecule has 2 aromatic rings. The summed E-state index contributed by atoms with van der Waals surface area (Å²) < 4.78 is 20.2. The maximum absolute atomic E-state index is 12.0. The molecule has 0 saturated carbocycles. The number of anilines is 1. The van der Waals surface area contributed by atoms with Crippen molar-refractivity contribution in [2.75, 3.05) is 38.3 Å². The fourth-order valence-corrected chi connectivity index (χ4v) is 3.41. The molecule has 0 aliphatic rings. The van der Waals surface area contributed by atoms with Crippen molar-refractivity contribution in [3.63, 3.8) is 0 Å². The normalized spacial score (nSPS) is 13.1. The van der Waals surface area contributed by atoms with Gasteiger partial charge in [-0.3, -0.25) is 4.79 Å². The highest BCUT2D eigenvalue weighted by atomic mass is 79.9. The molecule has 2 aromatic heterocycles. The van der Waals surface area contributed by atoms with Crippen molar-refractivity contribution >= 4 is 54.8 Å². The van der Waals surface area contributed by atoms with Crippen molar-refractivity contribution in [3.05, 3.63) is 26.1 Å². The molecule has 110 valence electrons. The lowest BCUT2D eigenvalue weighted by molar-refractivity contribution is 0.472. The fraction of sp³-hybridized carbons (Fsp3) is 0.417. The summed E-state index contributed by atoms with van der Waals surface area (Å²) in [6, 6.07) is 1.49. The summed E-state index contributed by atoms with van der Waals surface area (Å²) in [6.07, 6.45) is 1.63. The van der Waals surface area contributed by atoms with E-state index in [0.717, 1.165) is 4.47 Å². The maximum atomic E-state index is 12.0. The second kappa shape index (κ2) is 6.48. The quantitative estimate of drug-likeness (QED) is 0.746. The molecule has 0 N–H and O–H groups in total. The lowest BCUT2D eigenvalue weighted by atomic mass is 10.4. The van der Waals surface area contributed by atoms with Gasteiger partial charge in [0.1, 0.15) is 11.0 Å². The fourth-order valence-electron chi connectivity index (χ4n) is 1.62. The Balaban J connectivity index is 2.20. The number of fused-ring (bicyclic) bond motifs is 1. The van der Waals surface area contributed by atoms with Gasteiger partial charge in [0.2, 0.25) is 5.43 Å². The minimum absolute atomic E-state index is 0.0452. The van der Waals surface area contributed by atoms with Gasteiger partial charge < -0.3 is 13.9 Å². The van der Waals surface area contributed by atoms with E-state index in [9.17, 15) is 9.35 Å². The molecule has 0 aliphatic carbocycles. The van der Waals surface area contributed by atoms with E-state index in [2.05, 4.69) is 15.9 Å². The number of hydrogen-bond donors (Lipinski definition) is 0. The first-order valence-electron chi connectivity index (χ1n) is 5.87. The second-order valence-corrected chi connectivity index (χ2v) is 7.59. The predicted octanol–water partition coefficient (Wildman–Crippen LogP) is 2.28. The molecule has 1 atom stereocenters. The summed E-state index contributed by atoms with van der Waals surface area (Å²) >= 11 is 3.74. The largest absolute Gasteiger partial charge is 0.598 e. The number of thiophene rings is 1. The zero-order chi connectivity index (χ0) is 14.9. The number of rotatable bonds is 5. The minimum atomic E-state index is -0.999. The molecule has 8 heteroatoms. The molecule has 0 radical (unpaired) electrons. The van der Waals surface area contributed by atoms with E-state index in [1.165, 1.54) is 17.4 Å². The highest BCUT2D eigenvalue weighted by molar-refractivity contribution is 9.10. The molecule has 5 nitrogen and oxygen atoms in total. The van der Waals surface area contributed by atoms with E-state index in [1.807, 2.05) is 17.3 Å². The average Bonchev–Trinajstić information content (AvgIpc) is 2.77. The maximum Gasteiger partial charge on any atom is 0.204 e. The third kappa shape index (κ3) is 3.37. The van der Waals surface area contributed by atoms with Crippen LogP contribution in [0, 0.1) is 0 Å². The summed E-state index contributed by atoms with van der Waals surface area (Å²) in [5.74, 6) is 0.511. The standard InChI is InChI=1S/C12H15BrN2O3S2/c1-14(4-5-15(2)20(3)17)10-6-9(16)12-11(18-10)8(13)7-19-12/h6-7H,4-5H2,1-3H3. The van der Waals surface area contributed by atoms with Crippen LogP contribution in [-0.4, -0.2) is 42.3 Å². The zero-order valence-corrected chi connectivity index (χ0v) is 14.6. The number of hydrogen-bond acceptors (Lipinski definition) is 6. The van der Waals surface area contributed by atoms with Gasteiger partial charge in [0, 0.05) is 43.4 Å². The van der Waals surface area contributed by atoms with E-state index in [-0.39, 0.29) is 5.43 Å². The summed E-state index contributed by atoms with van der Waals surface area (Å²) in [5, 5.41) is 1.84. The van der Waals surface area contributed by atoms with Crippen LogP contribution in [0.25, 0.3) is 10.3 Å². The molecule has 2 heterocycles. The lowest BCUT2D eigenvalue weighted by Gasteiger charge is -2.21. The monoisotopic (exact) mass is 378 g/mol. The number of halogens is 1. The first kappa shape index (κ1) is 15.8. The molecule has 0 bridgehead atoms. The van der Waals surface area contributed by atoms with Gasteiger partial charge in [0.05, 0.1) is 11.0 Å². The van der Waals surface area contributed by atoms with Crippen LogP contribution in [0.2, 0.25) is 0 Å². The Morgan fingerprint density at radius 1 is 1.45 bits per heavy atom. The van der Waals surface area contributed by atoms with Crippen molar-refractivity contribution in [3.8, 4) is 0 Å². The molecule has 20 heavy (non-hydrogen) atoms. The van der Waals surface area contributed by atoms with Gasteiger partial charge in [-0.15, -0.1) is 15.6 Å². The third-order valence-corrected chi connectivity index (χ3v) is 5.88. The first-order valence-corrected chi connectivity index (χ1v) is 9.05. The lowest BCUT2D eigenvalue weighted by Crippen LogP contribution is -2.34. The van der Waals surface area contributed by atoms with Gasteiger partial charge >= 0.3 is 0 Å². The molecular formula is C12H15BrN2O3S2. The molecule has 0 aromatic carbocycles. The topological polar surface area (TPSA) is 59.8 Å². The van der Waals surface area contributed by atoms with Crippen LogP contribution >= 0.6 is 27.3 Å². The zero-order valence-electron chi connectivity index (χ0n) is 11.4. The predicted molar refractivity (Wildman–Crippen MR) is 88.0 cm³/mol. The Hall–Kier alpha value is -0.540. The average molecular weight is 379 g/mol. The van der Waals surface area contributed by atoms with Gasteiger partial charge in [-0.05, 0) is 15.9 Å². The van der Waals surface area contributed by atoms with Gasteiger partial charge in [-0.1, -0.05) is 0 Å². The highest BCUT2D eigenvalue weighted by Gasteiger charge is 2.14. The second-order valence-electron chi connectivity index (χ2n) is 4.39. The Kier molecular flexibility index (Phi) is 5.14. The van der Waals surface area contributed by atoms with E-state index < -0.39 is 11.4 Å². The SMILES string of the molecule is CN(CCN(C)[S+](C)[O-])c1cc(=O)c2scc(Br)c2o1. The Morgan fingerprint density at radius 3 is 2.80 bits per heavy atom. The summed E-state index contributed by atoms with van der Waals surface area (Å²) in [6.45, 7) is 1.23. The minimum Gasteiger partial charge on any atom is -0.598 e. The molecule has 2 rings (SSSR count). The van der Waals surface area contributed by atoms with Crippen LogP contribution in [0.5, 0.6) is 0 Å². The van der Waals surface area contributed by atoms with Gasteiger partial charge in [-0.2, -0.15) is 0 Å². The molecule has 0 spiro atoms. The van der Waals surface area contributed by atoms with Gasteiger partial charge in [0.25, 0.3) is 0 Å². The van der Waals surface area contributed by atoms with E-state index in [0.29, 0.717) is 29.3 Å². The Labute approximate surface area is 132 Å². The van der Waals surface area contributed by atoms with Crippen LogP contribution in [0.4, 0.5) is 5.88 Å². The number of likely N-dealkylation sites (N-methyl/N-ethyl adjacent to an activating group) is 2. The highest BCUT2D eigenvalue weighted by Crippen LogP contribution is 2.30. The molecule has 0 fully saturated rings. The summed E-state index contributed by atoms with van der Waals surface area (Å²) in [5.41, 5.74) is 0.535. The summed E-state index contributed by atoms with van der Waals surface area (Å²) in [4.78, 5) is 13.8. The molecule has 0 aliphatic heterocycles. The van der Waals surface area contributed by atoms with E-state index >= 15 is 0 Å². The Morgan fingerprint density at radius 2 is 2.15 bits per heavy atom. The molecule has 1 unspecified atom stereocenters. The van der Waals surface area contributed by atoms with Crippen LogP contribution in [0.3, 0.4) is 0 Å². The molecule has 0 saturated heterocycles. The van der Waals surface area contributed by atoms with Crippen molar-refractivity contribution in [2.45, 2.75) is 0 Å². The van der Waals surface area contributed by atoms with Gasteiger partial charge in [-0.25, -0.2) is 0 Å². The van der Waals surface area contributed by atoms with Crippen LogP contribution in [0.1, 0.15) is 0 Å². The van der Waals surface area contributed by atoms with Crippen LogP contribution < -0.4 is 10.3 Å². The third-order valence-electron chi connectivity index (χ3n) is 2.95. The van der Waals surface area contributed by atoms with Crippen molar-refractivity contribution in [1.82, 2.24) is 4.31 Å². The van der Waals surface area contributed by atoms with Crippen molar-refractivity contribution < 1.29 is 8.97 Å². The van der Waals surface area contributed by atoms with Crippen LogP contribution in [0.15, 0.2) is 25.1 Å². The van der Waals surface area contributed by atoms with Gasteiger partial charge in [0.15, 0.2) is 11.5 Å². The molecule has 0 amide bonds. The molecular weight excluding hydrogens is 364 g/mol. The number of nitrogens with zero attached hydrogens (tertiary/aromatic N) is 2. The Bertz CT molecular complexity index is 656. The van der Waals surface area contributed by atoms with E-state index in [4.69, 9.17) is 4.42 Å². The van der Waals surface area contributed by atoms with E-state index in [1.54, 1.807) is 17.6 Å². The smallest absolute Gasteiger partial charge is 0.204 e.